The Kier molecular flexibility index (Phi) is 6.08. The number of amides is 1. The van der Waals surface area contributed by atoms with E-state index in [1.165, 1.54) is 0 Å². The zero-order valence-electron chi connectivity index (χ0n) is 10.4. The topological polar surface area (TPSA) is 55.1 Å². The van der Waals surface area contributed by atoms with E-state index >= 15 is 0 Å². The van der Waals surface area contributed by atoms with Crippen LogP contribution in [0.25, 0.3) is 0 Å². The Morgan fingerprint density at radius 2 is 2.29 bits per heavy atom. The second-order valence-corrected chi connectivity index (χ2v) is 5.03. The number of hydrogen-bond acceptors (Lipinski definition) is 3. The summed E-state index contributed by atoms with van der Waals surface area (Å²) in [5.41, 5.74) is 6.50. The maximum Gasteiger partial charge on any atom is 0.224 e. The van der Waals surface area contributed by atoms with Gasteiger partial charge in [0, 0.05) is 23.0 Å². The second-order valence-electron chi connectivity index (χ2n) is 4.15. The van der Waals surface area contributed by atoms with E-state index in [0.717, 1.165) is 23.4 Å². The highest BCUT2D eigenvalue weighted by Crippen LogP contribution is 2.19. The molecule has 1 aromatic rings. The first kappa shape index (κ1) is 14.1. The van der Waals surface area contributed by atoms with Crippen LogP contribution < -0.4 is 11.1 Å². The fourth-order valence-corrected chi connectivity index (χ4v) is 1.97. The van der Waals surface area contributed by atoms with Gasteiger partial charge in [0.05, 0.1) is 0 Å². The Balaban J connectivity index is 2.39. The van der Waals surface area contributed by atoms with Crippen molar-refractivity contribution >= 4 is 23.4 Å². The maximum atomic E-state index is 11.6. The monoisotopic (exact) mass is 252 g/mol. The molecule has 0 aliphatic heterocycles. The number of thioether (sulfide) groups is 1. The molecule has 4 heteroatoms. The van der Waals surface area contributed by atoms with E-state index in [4.69, 9.17) is 5.73 Å². The summed E-state index contributed by atoms with van der Waals surface area (Å²) in [5.74, 6) is 0.0592. The molecule has 1 amide bonds. The van der Waals surface area contributed by atoms with Crippen LogP contribution in [0.5, 0.6) is 0 Å². The highest BCUT2D eigenvalue weighted by Gasteiger charge is 2.03. The molecule has 94 valence electrons. The van der Waals surface area contributed by atoms with Crippen LogP contribution in [-0.2, 0) is 4.79 Å². The van der Waals surface area contributed by atoms with Gasteiger partial charge in [-0.1, -0.05) is 6.07 Å². The number of hydrogen-bond donors (Lipinski definition) is 2. The summed E-state index contributed by atoms with van der Waals surface area (Å²) in [6.07, 6.45) is 4.28. The van der Waals surface area contributed by atoms with Crippen molar-refractivity contribution < 1.29 is 4.79 Å². The number of nitrogens with two attached hydrogens (primary N) is 1. The Hall–Kier alpha value is -1.00. The predicted octanol–water partition coefficient (Wildman–Crippen LogP) is 2.86. The lowest BCUT2D eigenvalue weighted by molar-refractivity contribution is -0.116. The lowest BCUT2D eigenvalue weighted by atomic mass is 10.1. The summed E-state index contributed by atoms with van der Waals surface area (Å²) < 4.78 is 0. The average molecular weight is 252 g/mol. The van der Waals surface area contributed by atoms with Crippen molar-refractivity contribution in [1.82, 2.24) is 0 Å². The molecule has 0 aliphatic carbocycles. The van der Waals surface area contributed by atoms with Crippen LogP contribution in [0.3, 0.4) is 0 Å². The van der Waals surface area contributed by atoms with Crippen molar-refractivity contribution in [1.29, 1.82) is 0 Å². The van der Waals surface area contributed by atoms with Gasteiger partial charge in [-0.05, 0) is 44.2 Å². The molecule has 0 saturated heterocycles. The molecule has 0 aliphatic rings. The molecule has 0 aromatic heterocycles. The largest absolute Gasteiger partial charge is 0.328 e. The first-order valence-corrected chi connectivity index (χ1v) is 7.04. The standard InChI is InChI=1S/C13H20N2OS/c1-10(14)5-3-8-13(16)15-11-6-4-7-12(9-11)17-2/h4,6-7,9-10H,3,5,8,14H2,1-2H3,(H,15,16). The maximum absolute atomic E-state index is 11.6. The number of nitrogens with one attached hydrogen (secondary N) is 1. The molecule has 3 nitrogen and oxygen atoms in total. The van der Waals surface area contributed by atoms with Crippen molar-refractivity contribution in [2.75, 3.05) is 11.6 Å². The van der Waals surface area contributed by atoms with E-state index in [-0.39, 0.29) is 11.9 Å². The minimum Gasteiger partial charge on any atom is -0.328 e. The quantitative estimate of drug-likeness (QED) is 0.765. The van der Waals surface area contributed by atoms with E-state index in [2.05, 4.69) is 5.32 Å². The van der Waals surface area contributed by atoms with Gasteiger partial charge >= 0.3 is 0 Å². The normalized spacial score (nSPS) is 12.2. The highest BCUT2D eigenvalue weighted by molar-refractivity contribution is 7.98. The third kappa shape index (κ3) is 5.75. The Morgan fingerprint density at radius 3 is 2.94 bits per heavy atom. The fourth-order valence-electron chi connectivity index (χ4n) is 1.51. The molecule has 1 unspecified atom stereocenters. The van der Waals surface area contributed by atoms with Gasteiger partial charge in [0.25, 0.3) is 0 Å². The van der Waals surface area contributed by atoms with Crippen LogP contribution in [0.1, 0.15) is 26.2 Å². The average Bonchev–Trinajstić information content (AvgIpc) is 2.28. The van der Waals surface area contributed by atoms with Crippen LogP contribution in [0, 0.1) is 0 Å². The van der Waals surface area contributed by atoms with E-state index in [9.17, 15) is 4.79 Å². The van der Waals surface area contributed by atoms with Gasteiger partial charge in [-0.2, -0.15) is 0 Å². The van der Waals surface area contributed by atoms with Gasteiger partial charge < -0.3 is 11.1 Å². The molecular formula is C13H20N2OS. The summed E-state index contributed by atoms with van der Waals surface area (Å²) >= 11 is 1.66. The highest BCUT2D eigenvalue weighted by atomic mass is 32.2. The summed E-state index contributed by atoms with van der Waals surface area (Å²) in [6, 6.07) is 8.03. The lowest BCUT2D eigenvalue weighted by Gasteiger charge is -2.07. The van der Waals surface area contributed by atoms with Crippen LogP contribution in [0.4, 0.5) is 5.69 Å². The number of rotatable bonds is 6. The van der Waals surface area contributed by atoms with E-state index < -0.39 is 0 Å². The van der Waals surface area contributed by atoms with Crippen LogP contribution in [0.2, 0.25) is 0 Å². The van der Waals surface area contributed by atoms with Gasteiger partial charge in [-0.15, -0.1) is 11.8 Å². The van der Waals surface area contributed by atoms with Gasteiger partial charge in [0.2, 0.25) is 5.91 Å². The zero-order valence-corrected chi connectivity index (χ0v) is 11.2. The molecule has 0 spiro atoms. The number of benzene rings is 1. The number of carbonyl (C=O) groups excluding carboxylic acids is 1. The minimum absolute atomic E-state index is 0.0592. The summed E-state index contributed by atoms with van der Waals surface area (Å²) in [4.78, 5) is 12.8. The molecule has 0 bridgehead atoms. The lowest BCUT2D eigenvalue weighted by Crippen LogP contribution is -2.16. The zero-order chi connectivity index (χ0) is 12.7. The third-order valence-electron chi connectivity index (χ3n) is 2.42. The summed E-state index contributed by atoms with van der Waals surface area (Å²) in [7, 11) is 0. The van der Waals surface area contributed by atoms with Crippen molar-refractivity contribution in [3.63, 3.8) is 0 Å². The molecule has 3 N–H and O–H groups in total. The van der Waals surface area contributed by atoms with Crippen molar-refractivity contribution in [2.45, 2.75) is 37.1 Å². The summed E-state index contributed by atoms with van der Waals surface area (Å²) in [6.45, 7) is 1.96. The molecule has 1 aromatic carbocycles. The molecule has 0 fully saturated rings. The van der Waals surface area contributed by atoms with Gasteiger partial charge in [0.15, 0.2) is 0 Å². The van der Waals surface area contributed by atoms with Gasteiger partial charge in [-0.25, -0.2) is 0 Å². The molecule has 1 atom stereocenters. The SMILES string of the molecule is CSc1cccc(NC(=O)CCCC(C)N)c1. The Labute approximate surface area is 107 Å². The summed E-state index contributed by atoms with van der Waals surface area (Å²) in [5, 5.41) is 2.90. The first-order valence-electron chi connectivity index (χ1n) is 5.81. The van der Waals surface area contributed by atoms with E-state index in [0.29, 0.717) is 6.42 Å². The smallest absolute Gasteiger partial charge is 0.224 e. The predicted molar refractivity (Wildman–Crippen MR) is 74.4 cm³/mol. The van der Waals surface area contributed by atoms with Gasteiger partial charge in [-0.3, -0.25) is 4.79 Å². The Bertz CT molecular complexity index is 366. The van der Waals surface area contributed by atoms with Crippen LogP contribution in [0.15, 0.2) is 29.2 Å². The molecule has 0 saturated carbocycles. The molecule has 0 heterocycles. The third-order valence-corrected chi connectivity index (χ3v) is 3.14. The van der Waals surface area contributed by atoms with E-state index in [1.807, 2.05) is 37.4 Å². The number of anilines is 1. The fraction of sp³-hybridized carbons (Fsp3) is 0.462. The van der Waals surface area contributed by atoms with Crippen molar-refractivity contribution in [2.24, 2.45) is 5.73 Å². The number of carbonyl (C=O) groups is 1. The van der Waals surface area contributed by atoms with E-state index in [1.54, 1.807) is 11.8 Å². The molecular weight excluding hydrogens is 232 g/mol. The second kappa shape index (κ2) is 7.35. The first-order chi connectivity index (χ1) is 8.11. The molecule has 0 radical (unpaired) electrons. The molecule has 1 rings (SSSR count). The van der Waals surface area contributed by atoms with Gasteiger partial charge in [0.1, 0.15) is 0 Å². The van der Waals surface area contributed by atoms with Crippen molar-refractivity contribution in [3.8, 4) is 0 Å². The molecule has 17 heavy (non-hydrogen) atoms. The Morgan fingerprint density at radius 1 is 1.53 bits per heavy atom. The van der Waals surface area contributed by atoms with Crippen LogP contribution in [-0.4, -0.2) is 18.2 Å². The van der Waals surface area contributed by atoms with Crippen LogP contribution >= 0.6 is 11.8 Å². The van der Waals surface area contributed by atoms with Crippen molar-refractivity contribution in [3.05, 3.63) is 24.3 Å². The minimum atomic E-state index is 0.0592.